The van der Waals surface area contributed by atoms with Gasteiger partial charge in [0.15, 0.2) is 5.16 Å². The molecule has 25 heavy (non-hydrogen) atoms. The summed E-state index contributed by atoms with van der Waals surface area (Å²) in [6.45, 7) is 7.39. The lowest BCUT2D eigenvalue weighted by molar-refractivity contribution is -0.130. The van der Waals surface area contributed by atoms with Gasteiger partial charge < -0.3 is 0 Å². The van der Waals surface area contributed by atoms with Gasteiger partial charge in [-0.2, -0.15) is 0 Å². The monoisotopic (exact) mass is 361 g/mol. The van der Waals surface area contributed by atoms with E-state index in [-0.39, 0.29) is 35.1 Å². The third-order valence-electron chi connectivity index (χ3n) is 3.93. The van der Waals surface area contributed by atoms with Crippen LogP contribution in [0.25, 0.3) is 10.9 Å². The van der Waals surface area contributed by atoms with E-state index in [1.807, 2.05) is 26.0 Å². The smallest absolute Gasteiger partial charge is 0.262 e. The van der Waals surface area contributed by atoms with Gasteiger partial charge in [-0.05, 0) is 25.5 Å². The predicted octanol–water partition coefficient (Wildman–Crippen LogP) is 2.76. The maximum Gasteiger partial charge on any atom is 0.262 e. The molecule has 7 heteroatoms. The second-order valence-electron chi connectivity index (χ2n) is 6.20. The van der Waals surface area contributed by atoms with Crippen LogP contribution in [0, 0.1) is 5.92 Å². The number of nitrogens with zero attached hydrogens (tertiary/aromatic N) is 2. The highest BCUT2D eigenvalue weighted by Gasteiger charge is 2.17. The van der Waals surface area contributed by atoms with E-state index in [2.05, 4.69) is 10.3 Å². The standard InChI is InChI=1S/C18H23N3O3S/c1-5-12(4)21-17(24)13-8-6-7-9-14(13)19-18(21)25-10-15(22)20-16(23)11(2)3/h6-9,11-12H,5,10H2,1-4H3,(H,20,22,23)/t12-/m1/s1. The van der Waals surface area contributed by atoms with E-state index in [0.717, 1.165) is 6.42 Å². The highest BCUT2D eigenvalue weighted by molar-refractivity contribution is 7.99. The molecule has 6 nitrogen and oxygen atoms in total. The first kappa shape index (κ1) is 19.2. The predicted molar refractivity (Wildman–Crippen MR) is 99.7 cm³/mol. The molecule has 0 aliphatic rings. The zero-order valence-corrected chi connectivity index (χ0v) is 15.7. The van der Waals surface area contributed by atoms with Crippen molar-refractivity contribution in [1.82, 2.24) is 14.9 Å². The van der Waals surface area contributed by atoms with E-state index < -0.39 is 0 Å². The summed E-state index contributed by atoms with van der Waals surface area (Å²) in [7, 11) is 0. The number of fused-ring (bicyclic) bond motifs is 1. The lowest BCUT2D eigenvalue weighted by Gasteiger charge is -2.18. The Morgan fingerprint density at radius 2 is 1.92 bits per heavy atom. The molecule has 0 radical (unpaired) electrons. The molecule has 0 saturated heterocycles. The van der Waals surface area contributed by atoms with Crippen molar-refractivity contribution in [3.05, 3.63) is 34.6 Å². The number of carbonyl (C=O) groups excluding carboxylic acids is 2. The number of rotatable bonds is 6. The molecular weight excluding hydrogens is 338 g/mol. The van der Waals surface area contributed by atoms with Gasteiger partial charge in [-0.25, -0.2) is 4.98 Å². The van der Waals surface area contributed by atoms with Crippen LogP contribution < -0.4 is 10.9 Å². The van der Waals surface area contributed by atoms with Crippen LogP contribution in [0.3, 0.4) is 0 Å². The molecule has 0 aliphatic heterocycles. The number of nitrogens with one attached hydrogen (secondary N) is 1. The molecule has 134 valence electrons. The fourth-order valence-corrected chi connectivity index (χ4v) is 3.14. The third-order valence-corrected chi connectivity index (χ3v) is 4.88. The van der Waals surface area contributed by atoms with Crippen molar-refractivity contribution in [3.8, 4) is 0 Å². The van der Waals surface area contributed by atoms with E-state index >= 15 is 0 Å². The molecule has 2 aromatic rings. The summed E-state index contributed by atoms with van der Waals surface area (Å²) < 4.78 is 1.63. The number of benzene rings is 1. The molecule has 1 N–H and O–H groups in total. The number of hydrogen-bond acceptors (Lipinski definition) is 5. The Morgan fingerprint density at radius 3 is 2.56 bits per heavy atom. The molecule has 1 heterocycles. The molecular formula is C18H23N3O3S. The molecule has 1 aromatic heterocycles. The Balaban J connectivity index is 2.31. The van der Waals surface area contributed by atoms with E-state index in [0.29, 0.717) is 16.1 Å². The summed E-state index contributed by atoms with van der Waals surface area (Å²) in [6.07, 6.45) is 0.769. The average molecular weight is 361 g/mol. The van der Waals surface area contributed by atoms with Crippen molar-refractivity contribution in [2.75, 3.05) is 5.75 Å². The molecule has 0 spiro atoms. The quantitative estimate of drug-likeness (QED) is 0.632. The molecule has 2 amide bonds. The van der Waals surface area contributed by atoms with Gasteiger partial charge in [0.25, 0.3) is 5.56 Å². The fraction of sp³-hybridized carbons (Fsp3) is 0.444. The van der Waals surface area contributed by atoms with Gasteiger partial charge in [0, 0.05) is 12.0 Å². The molecule has 2 rings (SSSR count). The first-order valence-corrected chi connectivity index (χ1v) is 9.31. The zero-order valence-electron chi connectivity index (χ0n) is 14.9. The van der Waals surface area contributed by atoms with Gasteiger partial charge in [-0.1, -0.05) is 44.7 Å². The van der Waals surface area contributed by atoms with Crippen molar-refractivity contribution in [3.63, 3.8) is 0 Å². The number of amides is 2. The Hall–Kier alpha value is -2.15. The number of hydrogen-bond donors (Lipinski definition) is 1. The Labute approximate surface area is 151 Å². The van der Waals surface area contributed by atoms with Crippen LogP contribution >= 0.6 is 11.8 Å². The highest BCUT2D eigenvalue weighted by atomic mass is 32.2. The second kappa shape index (κ2) is 8.29. The van der Waals surface area contributed by atoms with Gasteiger partial charge in [0.1, 0.15) is 0 Å². The largest absolute Gasteiger partial charge is 0.296 e. The van der Waals surface area contributed by atoms with Crippen LogP contribution in [0.2, 0.25) is 0 Å². The summed E-state index contributed by atoms with van der Waals surface area (Å²) in [6, 6.07) is 7.14. The topological polar surface area (TPSA) is 81.1 Å². The lowest BCUT2D eigenvalue weighted by Crippen LogP contribution is -2.35. The minimum Gasteiger partial charge on any atom is -0.296 e. The molecule has 0 saturated carbocycles. The van der Waals surface area contributed by atoms with Crippen molar-refractivity contribution in [2.24, 2.45) is 5.92 Å². The second-order valence-corrected chi connectivity index (χ2v) is 7.14. The van der Waals surface area contributed by atoms with E-state index in [1.165, 1.54) is 11.8 Å². The van der Waals surface area contributed by atoms with Gasteiger partial charge in [0.2, 0.25) is 11.8 Å². The number of para-hydroxylation sites is 1. The molecule has 1 atom stereocenters. The summed E-state index contributed by atoms with van der Waals surface area (Å²) in [5, 5.41) is 3.40. The Morgan fingerprint density at radius 1 is 1.24 bits per heavy atom. The average Bonchev–Trinajstić information content (AvgIpc) is 2.59. The van der Waals surface area contributed by atoms with E-state index in [4.69, 9.17) is 0 Å². The van der Waals surface area contributed by atoms with Crippen LogP contribution in [-0.4, -0.2) is 27.1 Å². The summed E-state index contributed by atoms with van der Waals surface area (Å²) >= 11 is 1.17. The maximum absolute atomic E-state index is 12.8. The normalized spacial score (nSPS) is 12.4. The van der Waals surface area contributed by atoms with Gasteiger partial charge >= 0.3 is 0 Å². The maximum atomic E-state index is 12.8. The van der Waals surface area contributed by atoms with Gasteiger partial charge in [-0.15, -0.1) is 0 Å². The minimum atomic E-state index is -0.387. The minimum absolute atomic E-state index is 0.0275. The van der Waals surface area contributed by atoms with Gasteiger partial charge in [-0.3, -0.25) is 24.3 Å². The molecule has 0 fully saturated rings. The van der Waals surface area contributed by atoms with Crippen LogP contribution in [0.4, 0.5) is 0 Å². The Bertz CT molecular complexity index is 845. The SMILES string of the molecule is CC[C@@H](C)n1c(SCC(=O)NC(=O)C(C)C)nc2ccccc2c1=O. The lowest BCUT2D eigenvalue weighted by atomic mass is 10.2. The van der Waals surface area contributed by atoms with Crippen molar-refractivity contribution in [2.45, 2.75) is 45.3 Å². The first-order valence-electron chi connectivity index (χ1n) is 8.32. The van der Waals surface area contributed by atoms with Crippen LogP contribution in [0.5, 0.6) is 0 Å². The summed E-state index contributed by atoms with van der Waals surface area (Å²) in [5.41, 5.74) is 0.495. The first-order chi connectivity index (χ1) is 11.8. The zero-order chi connectivity index (χ0) is 18.6. The summed E-state index contributed by atoms with van der Waals surface area (Å²) in [5.74, 6) is -0.927. The number of aromatic nitrogens is 2. The van der Waals surface area contributed by atoms with Crippen LogP contribution in [-0.2, 0) is 9.59 Å². The van der Waals surface area contributed by atoms with Crippen molar-refractivity contribution in [1.29, 1.82) is 0 Å². The van der Waals surface area contributed by atoms with E-state index in [9.17, 15) is 14.4 Å². The molecule has 0 bridgehead atoms. The number of carbonyl (C=O) groups is 2. The number of thioether (sulfide) groups is 1. The third kappa shape index (κ3) is 4.48. The molecule has 0 unspecified atom stereocenters. The highest BCUT2D eigenvalue weighted by Crippen LogP contribution is 2.22. The number of imide groups is 1. The van der Waals surface area contributed by atoms with Crippen LogP contribution in [0.15, 0.2) is 34.2 Å². The van der Waals surface area contributed by atoms with Crippen molar-refractivity contribution < 1.29 is 9.59 Å². The van der Waals surface area contributed by atoms with E-state index in [1.54, 1.807) is 30.5 Å². The fourth-order valence-electron chi connectivity index (χ4n) is 2.25. The van der Waals surface area contributed by atoms with Crippen molar-refractivity contribution >= 4 is 34.5 Å². The molecule has 0 aliphatic carbocycles. The van der Waals surface area contributed by atoms with Crippen LogP contribution in [0.1, 0.15) is 40.2 Å². The van der Waals surface area contributed by atoms with Gasteiger partial charge in [0.05, 0.1) is 16.7 Å². The Kier molecular flexibility index (Phi) is 6.36. The summed E-state index contributed by atoms with van der Waals surface area (Å²) in [4.78, 5) is 40.9. The molecule has 1 aromatic carbocycles.